The van der Waals surface area contributed by atoms with Crippen LogP contribution in [0.1, 0.15) is 35.3 Å². The van der Waals surface area contributed by atoms with Gasteiger partial charge in [-0.25, -0.2) is 0 Å². The zero-order valence-electron chi connectivity index (χ0n) is 15.6. The number of rotatable bonds is 7. The Labute approximate surface area is 155 Å². The summed E-state index contributed by atoms with van der Waals surface area (Å²) in [5.41, 5.74) is 2.56. The topological polar surface area (TPSA) is 63.7 Å². The lowest BCUT2D eigenvalue weighted by Crippen LogP contribution is -2.34. The molecular weight excluding hydrogens is 350 g/mol. The third-order valence-electron chi connectivity index (χ3n) is 3.79. The predicted octanol–water partition coefficient (Wildman–Crippen LogP) is 3.63. The SMILES string of the molecule is Cc1ccccc1C(=O)N(Cc1ccc(OS(C)(=O)=O)cc1)CC(C)C. The molecule has 0 unspecified atom stereocenters. The van der Waals surface area contributed by atoms with Crippen LogP contribution in [0.5, 0.6) is 5.75 Å². The molecule has 26 heavy (non-hydrogen) atoms. The van der Waals surface area contributed by atoms with Crippen LogP contribution in [-0.4, -0.2) is 32.0 Å². The molecule has 6 heteroatoms. The van der Waals surface area contributed by atoms with Gasteiger partial charge in [0, 0.05) is 18.7 Å². The van der Waals surface area contributed by atoms with Crippen LogP contribution in [0, 0.1) is 12.8 Å². The summed E-state index contributed by atoms with van der Waals surface area (Å²) < 4.78 is 27.2. The van der Waals surface area contributed by atoms with E-state index < -0.39 is 10.1 Å². The van der Waals surface area contributed by atoms with Gasteiger partial charge in [-0.3, -0.25) is 4.79 Å². The molecule has 140 valence electrons. The Hall–Kier alpha value is -2.34. The van der Waals surface area contributed by atoms with Gasteiger partial charge in [0.2, 0.25) is 0 Å². The van der Waals surface area contributed by atoms with Gasteiger partial charge in [0.25, 0.3) is 5.91 Å². The Morgan fingerprint density at radius 2 is 1.69 bits per heavy atom. The van der Waals surface area contributed by atoms with E-state index in [4.69, 9.17) is 4.18 Å². The Bertz CT molecular complexity index is 858. The highest BCUT2D eigenvalue weighted by Crippen LogP contribution is 2.18. The van der Waals surface area contributed by atoms with Crippen LogP contribution in [0.3, 0.4) is 0 Å². The second-order valence-electron chi connectivity index (χ2n) is 6.83. The van der Waals surface area contributed by atoms with Crippen molar-refractivity contribution in [3.05, 3.63) is 65.2 Å². The first-order valence-corrected chi connectivity index (χ1v) is 10.3. The molecule has 0 spiro atoms. The number of nitrogens with zero attached hydrogens (tertiary/aromatic N) is 1. The van der Waals surface area contributed by atoms with Gasteiger partial charge in [-0.15, -0.1) is 0 Å². The third kappa shape index (κ3) is 5.88. The molecule has 5 nitrogen and oxygen atoms in total. The predicted molar refractivity (Wildman–Crippen MR) is 103 cm³/mol. The van der Waals surface area contributed by atoms with E-state index in [2.05, 4.69) is 13.8 Å². The van der Waals surface area contributed by atoms with Crippen LogP contribution in [0.2, 0.25) is 0 Å². The van der Waals surface area contributed by atoms with E-state index in [9.17, 15) is 13.2 Å². The molecule has 0 heterocycles. The summed E-state index contributed by atoms with van der Waals surface area (Å²) in [6.45, 7) is 7.15. The number of hydrogen-bond acceptors (Lipinski definition) is 4. The van der Waals surface area contributed by atoms with Crippen molar-refractivity contribution in [2.75, 3.05) is 12.8 Å². The highest BCUT2D eigenvalue weighted by atomic mass is 32.2. The molecule has 0 aromatic heterocycles. The van der Waals surface area contributed by atoms with Crippen LogP contribution >= 0.6 is 0 Å². The van der Waals surface area contributed by atoms with Gasteiger partial charge in [0.15, 0.2) is 0 Å². The van der Waals surface area contributed by atoms with Crippen molar-refractivity contribution < 1.29 is 17.4 Å². The highest BCUT2D eigenvalue weighted by Gasteiger charge is 2.19. The minimum Gasteiger partial charge on any atom is -0.383 e. The molecule has 1 amide bonds. The zero-order valence-corrected chi connectivity index (χ0v) is 16.4. The number of amides is 1. The van der Waals surface area contributed by atoms with Crippen molar-refractivity contribution in [3.63, 3.8) is 0 Å². The second-order valence-corrected chi connectivity index (χ2v) is 8.40. The van der Waals surface area contributed by atoms with Gasteiger partial charge in [0.05, 0.1) is 6.26 Å². The maximum atomic E-state index is 13.0. The molecule has 0 aliphatic heterocycles. The maximum absolute atomic E-state index is 13.0. The number of carbonyl (C=O) groups is 1. The van der Waals surface area contributed by atoms with Crippen LogP contribution in [0.25, 0.3) is 0 Å². The molecule has 2 aromatic rings. The monoisotopic (exact) mass is 375 g/mol. The minimum absolute atomic E-state index is 0.00624. The third-order valence-corrected chi connectivity index (χ3v) is 4.29. The normalized spacial score (nSPS) is 11.4. The average Bonchev–Trinajstić information content (AvgIpc) is 2.54. The quantitative estimate of drug-likeness (QED) is 0.693. The van der Waals surface area contributed by atoms with Crippen molar-refractivity contribution >= 4 is 16.0 Å². The van der Waals surface area contributed by atoms with E-state index in [1.165, 1.54) is 0 Å². The Morgan fingerprint density at radius 3 is 2.23 bits per heavy atom. The lowest BCUT2D eigenvalue weighted by atomic mass is 10.1. The van der Waals surface area contributed by atoms with Crippen molar-refractivity contribution in [3.8, 4) is 5.75 Å². The van der Waals surface area contributed by atoms with Gasteiger partial charge in [-0.1, -0.05) is 44.2 Å². The molecule has 0 aliphatic rings. The first-order chi connectivity index (χ1) is 12.2. The lowest BCUT2D eigenvalue weighted by molar-refractivity contribution is 0.0722. The fourth-order valence-electron chi connectivity index (χ4n) is 2.69. The first-order valence-electron chi connectivity index (χ1n) is 8.49. The molecule has 0 saturated carbocycles. The summed E-state index contributed by atoms with van der Waals surface area (Å²) in [5, 5.41) is 0. The summed E-state index contributed by atoms with van der Waals surface area (Å²) in [7, 11) is -3.55. The van der Waals surface area contributed by atoms with Gasteiger partial charge >= 0.3 is 10.1 Å². The molecular formula is C20H25NO4S. The molecule has 0 fully saturated rings. The fourth-order valence-corrected chi connectivity index (χ4v) is 3.15. The number of hydrogen-bond donors (Lipinski definition) is 0. The van der Waals surface area contributed by atoms with E-state index in [1.807, 2.05) is 36.1 Å². The fraction of sp³-hybridized carbons (Fsp3) is 0.350. The molecule has 0 N–H and O–H groups in total. The largest absolute Gasteiger partial charge is 0.383 e. The standard InChI is InChI=1S/C20H25NO4S/c1-15(2)13-21(20(22)19-8-6-5-7-16(19)3)14-17-9-11-18(12-10-17)25-26(4,23)24/h5-12,15H,13-14H2,1-4H3. The second kappa shape index (κ2) is 8.36. The molecule has 0 saturated heterocycles. The van der Waals surface area contributed by atoms with Crippen LogP contribution in [-0.2, 0) is 16.7 Å². The van der Waals surface area contributed by atoms with Crippen molar-refractivity contribution in [2.24, 2.45) is 5.92 Å². The summed E-state index contributed by atoms with van der Waals surface area (Å²) in [5.74, 6) is 0.584. The van der Waals surface area contributed by atoms with Gasteiger partial charge in [0.1, 0.15) is 5.75 Å². The summed E-state index contributed by atoms with van der Waals surface area (Å²) in [4.78, 5) is 14.8. The van der Waals surface area contributed by atoms with Crippen molar-refractivity contribution in [1.82, 2.24) is 4.90 Å². The first kappa shape index (κ1) is 20.0. The van der Waals surface area contributed by atoms with E-state index in [-0.39, 0.29) is 11.7 Å². The molecule has 0 atom stereocenters. The molecule has 2 rings (SSSR count). The molecule has 2 aromatic carbocycles. The smallest absolute Gasteiger partial charge is 0.306 e. The average molecular weight is 375 g/mol. The highest BCUT2D eigenvalue weighted by molar-refractivity contribution is 7.86. The Balaban J connectivity index is 2.20. The number of benzene rings is 2. The van der Waals surface area contributed by atoms with Crippen molar-refractivity contribution in [2.45, 2.75) is 27.3 Å². The van der Waals surface area contributed by atoms with Crippen LogP contribution < -0.4 is 4.18 Å². The molecule has 0 radical (unpaired) electrons. The van der Waals surface area contributed by atoms with E-state index in [1.54, 1.807) is 24.3 Å². The molecule has 0 aliphatic carbocycles. The zero-order chi connectivity index (χ0) is 19.3. The summed E-state index contributed by atoms with van der Waals surface area (Å²) >= 11 is 0. The van der Waals surface area contributed by atoms with E-state index >= 15 is 0 Å². The summed E-state index contributed by atoms with van der Waals surface area (Å²) in [6.07, 6.45) is 1.01. The minimum atomic E-state index is -3.55. The van der Waals surface area contributed by atoms with E-state index in [0.29, 0.717) is 24.6 Å². The number of aryl methyl sites for hydroxylation is 1. The Morgan fingerprint density at radius 1 is 1.08 bits per heavy atom. The van der Waals surface area contributed by atoms with Gasteiger partial charge in [-0.05, 0) is 42.2 Å². The molecule has 0 bridgehead atoms. The van der Waals surface area contributed by atoms with Gasteiger partial charge in [-0.2, -0.15) is 8.42 Å². The Kier molecular flexibility index (Phi) is 6.42. The lowest BCUT2D eigenvalue weighted by Gasteiger charge is -2.25. The van der Waals surface area contributed by atoms with E-state index in [0.717, 1.165) is 17.4 Å². The van der Waals surface area contributed by atoms with Crippen molar-refractivity contribution in [1.29, 1.82) is 0 Å². The summed E-state index contributed by atoms with van der Waals surface area (Å²) in [6, 6.07) is 14.3. The van der Waals surface area contributed by atoms with Crippen LogP contribution in [0.15, 0.2) is 48.5 Å². The van der Waals surface area contributed by atoms with Crippen LogP contribution in [0.4, 0.5) is 0 Å². The maximum Gasteiger partial charge on any atom is 0.306 e. The number of carbonyl (C=O) groups excluding carboxylic acids is 1. The van der Waals surface area contributed by atoms with Gasteiger partial charge < -0.3 is 9.08 Å².